The highest BCUT2D eigenvalue weighted by Gasteiger charge is 2.36. The summed E-state index contributed by atoms with van der Waals surface area (Å²) in [6, 6.07) is 11.9. The number of imidazole rings is 1. The zero-order chi connectivity index (χ0) is 31.0. The number of aliphatic hydroxyl groups excluding tert-OH is 1. The summed E-state index contributed by atoms with van der Waals surface area (Å²) in [7, 11) is -3.67. The van der Waals surface area contributed by atoms with Crippen molar-refractivity contribution in [1.82, 2.24) is 14.5 Å². The summed E-state index contributed by atoms with van der Waals surface area (Å²) in [5.74, 6) is -1.27. The van der Waals surface area contributed by atoms with E-state index in [0.29, 0.717) is 18.5 Å². The summed E-state index contributed by atoms with van der Waals surface area (Å²) in [4.78, 5) is 19.0. The molecule has 1 heterocycles. The summed E-state index contributed by atoms with van der Waals surface area (Å²) in [6.07, 6.45) is 2.17. The van der Waals surface area contributed by atoms with Gasteiger partial charge in [-0.3, -0.25) is 9.35 Å². The van der Waals surface area contributed by atoms with Crippen molar-refractivity contribution in [3.05, 3.63) is 77.8 Å². The topological polar surface area (TPSA) is 170 Å². The molecule has 0 aliphatic carbocycles. The van der Waals surface area contributed by atoms with E-state index in [2.05, 4.69) is 4.98 Å². The number of nitrogens with zero attached hydrogens (tertiary/aromatic N) is 3. The lowest BCUT2D eigenvalue weighted by atomic mass is 9.90. The van der Waals surface area contributed by atoms with Crippen LogP contribution < -0.4 is 5.73 Å². The van der Waals surface area contributed by atoms with Crippen LogP contribution in [0.25, 0.3) is 11.3 Å². The number of nitrogens with two attached hydrogens (primary N) is 1. The lowest BCUT2D eigenvalue weighted by Gasteiger charge is -2.41. The zero-order valence-electron chi connectivity index (χ0n) is 24.0. The Bertz CT molecular complexity index is 1390. The number of carbonyl (C=O) groups excluding carboxylic acids is 1. The highest BCUT2D eigenvalue weighted by atomic mass is 32.2. The number of aromatic nitrogens is 2. The molecule has 10 nitrogen and oxygen atoms in total. The molecule has 1 aromatic heterocycles. The van der Waals surface area contributed by atoms with Gasteiger partial charge in [0.05, 0.1) is 11.9 Å². The summed E-state index contributed by atoms with van der Waals surface area (Å²) in [5.41, 5.74) is 6.33. The van der Waals surface area contributed by atoms with Crippen molar-refractivity contribution in [3.8, 4) is 11.3 Å². The quantitative estimate of drug-likeness (QED) is 0.294. The minimum Gasteiger partial charge on any atom is -0.412 e. The minimum absolute atomic E-state index is 0. The minimum atomic E-state index is -3.67. The molecule has 234 valence electrons. The molecule has 0 spiro atoms. The average Bonchev–Trinajstić information content (AvgIpc) is 3.28. The van der Waals surface area contributed by atoms with Crippen molar-refractivity contribution in [3.63, 3.8) is 0 Å². The first-order valence-electron chi connectivity index (χ1n) is 12.8. The second kappa shape index (κ2) is 15.8. The standard InChI is InChI=1S/C27H33F3N4O2.CH4O3S.H2O/c1-27(2,3)26(33(25(36)17-35)12-11-20(31)15-28)34-16-23(21-14-19(29)9-10-22(21)30)32-24(34)13-18-7-5-4-6-8-18;1-5(2,3)4;/h4-10,14,16,20,26,35H,11-13,15,17,31H2,1-3H3;1H3,(H,2,3,4);1H2/t20-,26-;;/m0../s1. The van der Waals surface area contributed by atoms with Crippen LogP contribution in [-0.4, -0.2) is 76.0 Å². The van der Waals surface area contributed by atoms with Crippen LogP contribution in [-0.2, 0) is 21.3 Å². The first-order chi connectivity index (χ1) is 19.0. The van der Waals surface area contributed by atoms with E-state index in [0.717, 1.165) is 23.8 Å². The van der Waals surface area contributed by atoms with Gasteiger partial charge in [-0.05, 0) is 30.2 Å². The third kappa shape index (κ3) is 11.2. The van der Waals surface area contributed by atoms with E-state index in [-0.39, 0.29) is 29.7 Å². The maximum Gasteiger partial charge on any atom is 0.261 e. The van der Waals surface area contributed by atoms with Gasteiger partial charge in [0.2, 0.25) is 5.91 Å². The van der Waals surface area contributed by atoms with Crippen LogP contribution in [0, 0.1) is 17.0 Å². The Hall–Kier alpha value is -3.30. The molecular weight excluding hydrogens is 577 g/mol. The number of halogens is 3. The molecule has 0 radical (unpaired) electrons. The fourth-order valence-electron chi connectivity index (χ4n) is 4.27. The van der Waals surface area contributed by atoms with Crippen molar-refractivity contribution >= 4 is 16.0 Å². The molecule has 3 rings (SSSR count). The Morgan fingerprint density at radius 2 is 1.74 bits per heavy atom. The van der Waals surface area contributed by atoms with Crippen LogP contribution in [0.15, 0.2) is 54.7 Å². The number of rotatable bonds is 10. The molecule has 6 N–H and O–H groups in total. The summed E-state index contributed by atoms with van der Waals surface area (Å²) in [5, 5.41) is 9.73. The molecule has 0 fully saturated rings. The van der Waals surface area contributed by atoms with Crippen molar-refractivity contribution in [1.29, 1.82) is 0 Å². The zero-order valence-corrected chi connectivity index (χ0v) is 24.8. The number of carbonyl (C=O) groups is 1. The van der Waals surface area contributed by atoms with E-state index in [1.807, 2.05) is 51.1 Å². The number of amides is 1. The first-order valence-corrected chi connectivity index (χ1v) is 14.6. The van der Waals surface area contributed by atoms with E-state index in [1.165, 1.54) is 4.90 Å². The highest BCUT2D eigenvalue weighted by Crippen LogP contribution is 2.37. The molecule has 1 amide bonds. The molecule has 0 aliphatic heterocycles. The number of benzene rings is 2. The second-order valence-corrected chi connectivity index (χ2v) is 12.1. The van der Waals surface area contributed by atoms with Gasteiger partial charge in [-0.1, -0.05) is 51.1 Å². The van der Waals surface area contributed by atoms with Gasteiger partial charge in [-0.25, -0.2) is 18.2 Å². The van der Waals surface area contributed by atoms with Gasteiger partial charge < -0.3 is 25.8 Å². The van der Waals surface area contributed by atoms with Crippen LogP contribution in [0.2, 0.25) is 0 Å². The lowest BCUT2D eigenvalue weighted by Crippen LogP contribution is -2.47. The van der Waals surface area contributed by atoms with Gasteiger partial charge in [0.15, 0.2) is 0 Å². The van der Waals surface area contributed by atoms with E-state index in [9.17, 15) is 31.5 Å². The molecule has 2 atom stereocenters. The Morgan fingerprint density at radius 3 is 2.26 bits per heavy atom. The first kappa shape index (κ1) is 36.7. The lowest BCUT2D eigenvalue weighted by molar-refractivity contribution is -0.142. The SMILES string of the molecule is CC(C)(C)[C@@H](N(CC[C@H](N)CF)C(=O)CO)n1cc(-c2cc(F)ccc2F)nc1Cc1ccccc1.CS(=O)(=O)O.O. The summed E-state index contributed by atoms with van der Waals surface area (Å²) >= 11 is 0. The molecule has 14 heteroatoms. The van der Waals surface area contributed by atoms with Gasteiger partial charge in [0.1, 0.15) is 36.9 Å². The number of hydrogen-bond donors (Lipinski definition) is 3. The molecule has 0 aliphatic rings. The predicted molar refractivity (Wildman–Crippen MR) is 154 cm³/mol. The molecular formula is C28H39F3N4O6S. The summed E-state index contributed by atoms with van der Waals surface area (Å²) in [6.45, 7) is 4.36. The van der Waals surface area contributed by atoms with Gasteiger partial charge >= 0.3 is 0 Å². The van der Waals surface area contributed by atoms with Crippen molar-refractivity contribution in [2.24, 2.45) is 11.1 Å². The second-order valence-electron chi connectivity index (χ2n) is 10.7. The number of hydrogen-bond acceptors (Lipinski definition) is 6. The van der Waals surface area contributed by atoms with E-state index in [4.69, 9.17) is 10.3 Å². The fraction of sp³-hybridized carbons (Fsp3) is 0.429. The van der Waals surface area contributed by atoms with Crippen LogP contribution in [0.1, 0.15) is 44.7 Å². The van der Waals surface area contributed by atoms with Gasteiger partial charge in [-0.15, -0.1) is 0 Å². The molecule has 0 saturated heterocycles. The van der Waals surface area contributed by atoms with Crippen molar-refractivity contribution in [2.45, 2.75) is 45.8 Å². The predicted octanol–water partition coefficient (Wildman–Crippen LogP) is 3.15. The van der Waals surface area contributed by atoms with Crippen LogP contribution >= 0.6 is 0 Å². The Balaban J connectivity index is 0.00000135. The number of aliphatic hydroxyl groups is 1. The average molecular weight is 617 g/mol. The molecule has 42 heavy (non-hydrogen) atoms. The molecule has 0 saturated carbocycles. The third-order valence-corrected chi connectivity index (χ3v) is 5.95. The Kier molecular flexibility index (Phi) is 13.8. The highest BCUT2D eigenvalue weighted by molar-refractivity contribution is 7.85. The maximum atomic E-state index is 14.7. The van der Waals surface area contributed by atoms with Crippen LogP contribution in [0.4, 0.5) is 13.2 Å². The maximum absolute atomic E-state index is 14.7. The van der Waals surface area contributed by atoms with E-state index >= 15 is 0 Å². The van der Waals surface area contributed by atoms with E-state index < -0.39 is 58.6 Å². The Labute approximate surface area is 244 Å². The molecule has 0 bridgehead atoms. The molecule has 2 aromatic carbocycles. The van der Waals surface area contributed by atoms with Gasteiger partial charge in [-0.2, -0.15) is 8.42 Å². The normalized spacial score (nSPS) is 12.9. The van der Waals surface area contributed by atoms with Crippen molar-refractivity contribution < 1.29 is 41.5 Å². The third-order valence-electron chi connectivity index (χ3n) is 5.95. The Morgan fingerprint density at radius 1 is 1.14 bits per heavy atom. The van der Waals surface area contributed by atoms with Gasteiger partial charge in [0.25, 0.3) is 10.1 Å². The van der Waals surface area contributed by atoms with E-state index in [1.54, 1.807) is 10.8 Å². The molecule has 0 unspecified atom stereocenters. The molecule has 3 aromatic rings. The van der Waals surface area contributed by atoms with Gasteiger partial charge in [0, 0.05) is 36.2 Å². The summed E-state index contributed by atoms with van der Waals surface area (Å²) < 4.78 is 69.4. The monoisotopic (exact) mass is 616 g/mol. The van der Waals surface area contributed by atoms with Crippen LogP contribution in [0.3, 0.4) is 0 Å². The smallest absolute Gasteiger partial charge is 0.261 e. The van der Waals surface area contributed by atoms with Crippen molar-refractivity contribution in [2.75, 3.05) is 26.1 Å². The number of alkyl halides is 1. The fourth-order valence-corrected chi connectivity index (χ4v) is 4.27. The van der Waals surface area contributed by atoms with Crippen LogP contribution in [0.5, 0.6) is 0 Å². The largest absolute Gasteiger partial charge is 0.412 e.